The standard InChI is InChI=1S/C10H20N2/c1-8(2)10(6-7-11)12(5)9(3)4/h6-7,9H,11H2,1-5H3/b7-6-. The van der Waals surface area contributed by atoms with E-state index in [4.69, 9.17) is 5.73 Å². The Labute approximate surface area is 75.7 Å². The molecule has 0 aliphatic rings. The summed E-state index contributed by atoms with van der Waals surface area (Å²) in [6, 6.07) is 0.506. The Morgan fingerprint density at radius 3 is 2.08 bits per heavy atom. The molecule has 2 heteroatoms. The second-order valence-electron chi connectivity index (χ2n) is 3.45. The van der Waals surface area contributed by atoms with Crippen molar-refractivity contribution in [3.8, 4) is 0 Å². The molecule has 0 aliphatic heterocycles. The van der Waals surface area contributed by atoms with E-state index in [0.717, 1.165) is 0 Å². The molecule has 0 radical (unpaired) electrons. The first-order valence-corrected chi connectivity index (χ1v) is 4.29. The summed E-state index contributed by atoms with van der Waals surface area (Å²) in [6.45, 7) is 8.50. The summed E-state index contributed by atoms with van der Waals surface area (Å²) < 4.78 is 0. The van der Waals surface area contributed by atoms with Crippen molar-refractivity contribution in [2.24, 2.45) is 5.73 Å². The highest BCUT2D eigenvalue weighted by molar-refractivity contribution is 5.21. The lowest BCUT2D eigenvalue weighted by molar-refractivity contribution is 0.351. The van der Waals surface area contributed by atoms with Crippen LogP contribution in [0.25, 0.3) is 0 Å². The van der Waals surface area contributed by atoms with Gasteiger partial charge in [-0.15, -0.1) is 0 Å². The van der Waals surface area contributed by atoms with Gasteiger partial charge in [0.25, 0.3) is 0 Å². The van der Waals surface area contributed by atoms with Crippen molar-refractivity contribution < 1.29 is 0 Å². The minimum Gasteiger partial charge on any atom is -0.405 e. The molecule has 0 bridgehead atoms. The van der Waals surface area contributed by atoms with Crippen LogP contribution in [-0.4, -0.2) is 18.0 Å². The number of nitrogens with zero attached hydrogens (tertiary/aromatic N) is 1. The summed E-state index contributed by atoms with van der Waals surface area (Å²) in [5.74, 6) is 0. The number of hydrogen-bond donors (Lipinski definition) is 1. The normalized spacial score (nSPS) is 10.8. The lowest BCUT2D eigenvalue weighted by Crippen LogP contribution is -2.25. The molecule has 0 fully saturated rings. The van der Waals surface area contributed by atoms with Crippen LogP contribution in [0.3, 0.4) is 0 Å². The molecule has 0 saturated carbocycles. The maximum Gasteiger partial charge on any atom is 0.0366 e. The molecule has 0 saturated heterocycles. The summed E-state index contributed by atoms with van der Waals surface area (Å²) in [6.07, 6.45) is 3.52. The number of allylic oxidation sites excluding steroid dienone is 2. The minimum absolute atomic E-state index is 0.506. The second-order valence-corrected chi connectivity index (χ2v) is 3.45. The maximum atomic E-state index is 5.36. The molecule has 12 heavy (non-hydrogen) atoms. The van der Waals surface area contributed by atoms with Gasteiger partial charge in [0.2, 0.25) is 0 Å². The monoisotopic (exact) mass is 168 g/mol. The quantitative estimate of drug-likeness (QED) is 0.654. The van der Waals surface area contributed by atoms with Crippen molar-refractivity contribution in [1.29, 1.82) is 0 Å². The first-order valence-electron chi connectivity index (χ1n) is 4.29. The number of rotatable bonds is 3. The minimum atomic E-state index is 0.506. The van der Waals surface area contributed by atoms with Gasteiger partial charge in [0.05, 0.1) is 0 Å². The third-order valence-corrected chi connectivity index (χ3v) is 1.92. The van der Waals surface area contributed by atoms with Crippen molar-refractivity contribution in [3.05, 3.63) is 23.5 Å². The smallest absolute Gasteiger partial charge is 0.0366 e. The zero-order valence-corrected chi connectivity index (χ0v) is 8.76. The second kappa shape index (κ2) is 4.86. The van der Waals surface area contributed by atoms with Crippen molar-refractivity contribution in [2.75, 3.05) is 7.05 Å². The van der Waals surface area contributed by atoms with Gasteiger partial charge < -0.3 is 10.6 Å². The average Bonchev–Trinajstić information content (AvgIpc) is 1.98. The molecule has 0 aromatic carbocycles. The largest absolute Gasteiger partial charge is 0.405 e. The first-order chi connectivity index (χ1) is 5.50. The van der Waals surface area contributed by atoms with Gasteiger partial charge in [-0.05, 0) is 40.0 Å². The molecule has 0 aromatic rings. The third-order valence-electron chi connectivity index (χ3n) is 1.92. The van der Waals surface area contributed by atoms with Crippen molar-refractivity contribution >= 4 is 0 Å². The topological polar surface area (TPSA) is 29.3 Å². The van der Waals surface area contributed by atoms with Crippen LogP contribution < -0.4 is 5.73 Å². The van der Waals surface area contributed by atoms with Gasteiger partial charge in [-0.1, -0.05) is 5.57 Å². The summed E-state index contributed by atoms with van der Waals surface area (Å²) in [7, 11) is 2.08. The van der Waals surface area contributed by atoms with Crippen LogP contribution in [0.2, 0.25) is 0 Å². The van der Waals surface area contributed by atoms with Crippen molar-refractivity contribution in [3.63, 3.8) is 0 Å². The molecule has 2 N–H and O–H groups in total. The van der Waals surface area contributed by atoms with E-state index in [1.807, 2.05) is 6.08 Å². The fourth-order valence-electron chi connectivity index (χ4n) is 1.01. The van der Waals surface area contributed by atoms with E-state index in [9.17, 15) is 0 Å². The van der Waals surface area contributed by atoms with Gasteiger partial charge in [-0.25, -0.2) is 0 Å². The fraction of sp³-hybridized carbons (Fsp3) is 0.600. The van der Waals surface area contributed by atoms with E-state index in [-0.39, 0.29) is 0 Å². The highest BCUT2D eigenvalue weighted by Crippen LogP contribution is 2.12. The maximum absolute atomic E-state index is 5.36. The van der Waals surface area contributed by atoms with Crippen LogP contribution in [0.5, 0.6) is 0 Å². The Balaban J connectivity index is 4.65. The number of likely N-dealkylation sites (N-methyl/N-ethyl adjacent to an activating group) is 1. The highest BCUT2D eigenvalue weighted by Gasteiger charge is 2.05. The molecule has 0 spiro atoms. The van der Waals surface area contributed by atoms with E-state index >= 15 is 0 Å². The van der Waals surface area contributed by atoms with E-state index in [1.54, 1.807) is 6.20 Å². The average molecular weight is 168 g/mol. The summed E-state index contributed by atoms with van der Waals surface area (Å²) in [5.41, 5.74) is 7.85. The Morgan fingerprint density at radius 1 is 1.33 bits per heavy atom. The molecule has 0 unspecified atom stereocenters. The SMILES string of the molecule is CC(C)=C(/C=C\N)N(C)C(C)C. The summed E-state index contributed by atoms with van der Waals surface area (Å²) in [4.78, 5) is 2.21. The van der Waals surface area contributed by atoms with Crippen LogP contribution in [0.4, 0.5) is 0 Å². The molecule has 0 amide bonds. The van der Waals surface area contributed by atoms with Gasteiger partial charge in [0.15, 0.2) is 0 Å². The molecule has 0 atom stereocenters. The van der Waals surface area contributed by atoms with Crippen LogP contribution in [-0.2, 0) is 0 Å². The molecular weight excluding hydrogens is 148 g/mol. The predicted molar refractivity (Wildman–Crippen MR) is 54.6 cm³/mol. The molecule has 0 rings (SSSR count). The Kier molecular flexibility index (Phi) is 4.49. The van der Waals surface area contributed by atoms with Crippen LogP contribution in [0.15, 0.2) is 23.5 Å². The summed E-state index contributed by atoms with van der Waals surface area (Å²) >= 11 is 0. The number of hydrogen-bond acceptors (Lipinski definition) is 2. The fourth-order valence-corrected chi connectivity index (χ4v) is 1.01. The van der Waals surface area contributed by atoms with Crippen LogP contribution in [0, 0.1) is 0 Å². The Bertz CT molecular complexity index is 186. The van der Waals surface area contributed by atoms with Gasteiger partial charge in [-0.2, -0.15) is 0 Å². The number of nitrogens with two attached hydrogens (primary N) is 1. The molecule has 0 aliphatic carbocycles. The Morgan fingerprint density at radius 2 is 1.83 bits per heavy atom. The van der Waals surface area contributed by atoms with Gasteiger partial charge in [-0.3, -0.25) is 0 Å². The van der Waals surface area contributed by atoms with Crippen LogP contribution in [0.1, 0.15) is 27.7 Å². The lowest BCUT2D eigenvalue weighted by atomic mass is 10.2. The third kappa shape index (κ3) is 2.99. The van der Waals surface area contributed by atoms with Gasteiger partial charge >= 0.3 is 0 Å². The zero-order valence-electron chi connectivity index (χ0n) is 8.76. The van der Waals surface area contributed by atoms with E-state index in [1.165, 1.54) is 11.3 Å². The lowest BCUT2D eigenvalue weighted by Gasteiger charge is -2.26. The Hall–Kier alpha value is -0.920. The molecule has 0 aromatic heterocycles. The predicted octanol–water partition coefficient (Wildman–Crippen LogP) is 2.09. The van der Waals surface area contributed by atoms with Gasteiger partial charge in [0.1, 0.15) is 0 Å². The van der Waals surface area contributed by atoms with Gasteiger partial charge in [0, 0.05) is 18.8 Å². The highest BCUT2D eigenvalue weighted by atomic mass is 15.1. The molecule has 0 heterocycles. The zero-order chi connectivity index (χ0) is 9.72. The van der Waals surface area contributed by atoms with E-state index < -0.39 is 0 Å². The first kappa shape index (κ1) is 11.1. The van der Waals surface area contributed by atoms with E-state index in [2.05, 4.69) is 39.6 Å². The molecule has 70 valence electrons. The summed E-state index contributed by atoms with van der Waals surface area (Å²) in [5, 5.41) is 0. The van der Waals surface area contributed by atoms with Crippen molar-refractivity contribution in [1.82, 2.24) is 4.90 Å². The molecule has 2 nitrogen and oxygen atoms in total. The van der Waals surface area contributed by atoms with E-state index in [0.29, 0.717) is 6.04 Å². The van der Waals surface area contributed by atoms with Crippen molar-refractivity contribution in [2.45, 2.75) is 33.7 Å². The molecular formula is C10H20N2. The van der Waals surface area contributed by atoms with Crippen LogP contribution >= 0.6 is 0 Å².